The molecule has 3 rings (SSSR count). The Kier molecular flexibility index (Phi) is 8.75. The normalized spacial score (nSPS) is 14.2. The van der Waals surface area contributed by atoms with E-state index in [1.54, 1.807) is 6.07 Å². The predicted molar refractivity (Wildman–Crippen MR) is 166 cm³/mol. The summed E-state index contributed by atoms with van der Waals surface area (Å²) in [7, 11) is -6.01. The summed E-state index contributed by atoms with van der Waals surface area (Å²) < 4.78 is 19.4. The first kappa shape index (κ1) is 30.6. The van der Waals surface area contributed by atoms with Gasteiger partial charge in [-0.25, -0.2) is 0 Å². The van der Waals surface area contributed by atoms with Crippen molar-refractivity contribution in [3.05, 3.63) is 63.8 Å². The Morgan fingerprint density at radius 1 is 0.895 bits per heavy atom. The molecule has 0 amide bonds. The van der Waals surface area contributed by atoms with Gasteiger partial charge in [-0.15, -0.1) is 0 Å². The Morgan fingerprint density at radius 3 is 1.95 bits per heavy atom. The van der Waals surface area contributed by atoms with Crippen LogP contribution >= 0.6 is 0 Å². The summed E-state index contributed by atoms with van der Waals surface area (Å²) in [6.45, 7) is 24.1. The lowest BCUT2D eigenvalue weighted by molar-refractivity contribution is 0.368. The number of fused-ring (bicyclic) bond motifs is 1. The SMILES string of the molecule is CC(Cc1ccc2oc(-c3ccc(C(C)(C)C)cc3)cc(=O)c2c1O)C[Si](C)(O[Si](C)(C)C)O[Si](C)(C)C. The maximum atomic E-state index is 13.2. The maximum Gasteiger partial charge on any atom is 0.314 e. The largest absolute Gasteiger partial charge is 0.507 e. The van der Waals surface area contributed by atoms with E-state index in [0.717, 1.165) is 17.2 Å². The van der Waals surface area contributed by atoms with E-state index in [9.17, 15) is 9.90 Å². The van der Waals surface area contributed by atoms with E-state index >= 15 is 0 Å². The van der Waals surface area contributed by atoms with Gasteiger partial charge in [0, 0.05) is 11.6 Å². The van der Waals surface area contributed by atoms with Crippen molar-refractivity contribution in [2.45, 2.75) is 91.4 Å². The zero-order valence-electron chi connectivity index (χ0n) is 25.1. The molecule has 1 unspecified atom stereocenters. The Labute approximate surface area is 231 Å². The van der Waals surface area contributed by atoms with Crippen molar-refractivity contribution >= 4 is 36.2 Å². The molecule has 0 spiro atoms. The van der Waals surface area contributed by atoms with E-state index in [2.05, 4.69) is 85.7 Å². The van der Waals surface area contributed by atoms with Gasteiger partial charge in [-0.1, -0.05) is 58.0 Å². The van der Waals surface area contributed by atoms with E-state index in [1.165, 1.54) is 11.6 Å². The minimum atomic E-state index is -2.42. The highest BCUT2D eigenvalue weighted by molar-refractivity contribution is 6.87. The zero-order valence-corrected chi connectivity index (χ0v) is 28.1. The average molecular weight is 571 g/mol. The minimum absolute atomic E-state index is 0.0123. The fourth-order valence-electron chi connectivity index (χ4n) is 5.20. The second kappa shape index (κ2) is 10.9. The molecule has 0 saturated carbocycles. The van der Waals surface area contributed by atoms with Crippen LogP contribution < -0.4 is 5.43 Å². The van der Waals surface area contributed by atoms with Crippen LogP contribution in [0.5, 0.6) is 5.75 Å². The quantitative estimate of drug-likeness (QED) is 0.262. The van der Waals surface area contributed by atoms with E-state index < -0.39 is 25.2 Å². The summed E-state index contributed by atoms with van der Waals surface area (Å²) in [6, 6.07) is 14.1. The molecule has 1 N–H and O–H groups in total. The van der Waals surface area contributed by atoms with Gasteiger partial charge in [0.15, 0.2) is 22.1 Å². The van der Waals surface area contributed by atoms with Gasteiger partial charge < -0.3 is 17.8 Å². The molecular weight excluding hydrogens is 525 g/mol. The zero-order chi connectivity index (χ0) is 28.7. The van der Waals surface area contributed by atoms with Gasteiger partial charge in [0.25, 0.3) is 0 Å². The predicted octanol–water partition coefficient (Wildman–Crippen LogP) is 8.42. The summed E-state index contributed by atoms with van der Waals surface area (Å²) in [5, 5.41) is 11.4. The molecule has 2 aromatic carbocycles. The van der Waals surface area contributed by atoms with Gasteiger partial charge in [-0.2, -0.15) is 0 Å². The van der Waals surface area contributed by atoms with E-state index in [1.807, 2.05) is 18.2 Å². The van der Waals surface area contributed by atoms with Gasteiger partial charge in [0.1, 0.15) is 22.5 Å². The van der Waals surface area contributed by atoms with E-state index in [4.69, 9.17) is 12.6 Å². The first-order valence-electron chi connectivity index (χ1n) is 13.6. The first-order valence-corrected chi connectivity index (χ1v) is 22.9. The number of rotatable bonds is 9. The Bertz CT molecular complexity index is 1310. The van der Waals surface area contributed by atoms with Crippen molar-refractivity contribution < 1.29 is 17.8 Å². The van der Waals surface area contributed by atoms with Crippen LogP contribution in [0.3, 0.4) is 0 Å². The van der Waals surface area contributed by atoms with Crippen molar-refractivity contribution in [2.75, 3.05) is 0 Å². The molecule has 0 aliphatic carbocycles. The van der Waals surface area contributed by atoms with Crippen molar-refractivity contribution in [2.24, 2.45) is 5.92 Å². The molecular formula is C30H46O5Si3. The summed E-state index contributed by atoms with van der Waals surface area (Å²) in [6.07, 6.45) is 0.629. The number of phenolic OH excluding ortho intramolecular Hbond substituents is 1. The molecule has 1 heterocycles. The lowest BCUT2D eigenvalue weighted by atomic mass is 9.86. The summed E-state index contributed by atoms with van der Waals surface area (Å²) >= 11 is 0. The first-order chi connectivity index (χ1) is 17.3. The standard InChI is InChI=1S/C30H46O5Si3/c1-21(20-38(11,34-36(5,6)7)35-37(8,9)10)18-23-14-17-26-28(29(23)32)25(31)19-27(33-26)22-12-15-24(16-13-22)30(2,3)4/h12-17,19,21,32H,18,20H2,1-11H3. The second-order valence-electron chi connectivity index (χ2n) is 13.8. The average Bonchev–Trinajstić information content (AvgIpc) is 2.71. The van der Waals surface area contributed by atoms with Gasteiger partial charge in [-0.05, 0) is 86.8 Å². The molecule has 5 nitrogen and oxygen atoms in total. The molecule has 0 aliphatic rings. The highest BCUT2D eigenvalue weighted by atomic mass is 28.5. The highest BCUT2D eigenvalue weighted by Crippen LogP contribution is 2.34. The van der Waals surface area contributed by atoms with Crippen LogP contribution in [-0.2, 0) is 20.1 Å². The molecule has 208 valence electrons. The van der Waals surface area contributed by atoms with Crippen molar-refractivity contribution in [3.8, 4) is 17.1 Å². The van der Waals surface area contributed by atoms with E-state index in [-0.39, 0.29) is 27.9 Å². The van der Waals surface area contributed by atoms with Crippen molar-refractivity contribution in [1.82, 2.24) is 0 Å². The third-order valence-corrected chi connectivity index (χ3v) is 16.1. The van der Waals surface area contributed by atoms with Crippen LogP contribution in [0.4, 0.5) is 0 Å². The van der Waals surface area contributed by atoms with Crippen LogP contribution in [0.15, 0.2) is 51.7 Å². The second-order valence-corrected chi connectivity index (χ2v) is 26.6. The topological polar surface area (TPSA) is 68.9 Å². The molecule has 0 aliphatic heterocycles. The number of phenols is 1. The summed E-state index contributed by atoms with van der Waals surface area (Å²) in [5.41, 5.74) is 3.00. The van der Waals surface area contributed by atoms with Crippen LogP contribution in [0.25, 0.3) is 22.3 Å². The molecule has 38 heavy (non-hydrogen) atoms. The van der Waals surface area contributed by atoms with Crippen molar-refractivity contribution in [1.29, 1.82) is 0 Å². The van der Waals surface area contributed by atoms with Gasteiger partial charge in [0.05, 0.1) is 0 Å². The summed E-state index contributed by atoms with van der Waals surface area (Å²) in [5.74, 6) is 0.728. The molecule has 0 saturated heterocycles. The Hall–Kier alpha value is -1.98. The van der Waals surface area contributed by atoms with E-state index in [0.29, 0.717) is 17.8 Å². The number of aromatic hydroxyl groups is 1. The lowest BCUT2D eigenvalue weighted by Gasteiger charge is -2.39. The monoisotopic (exact) mass is 570 g/mol. The molecule has 8 heteroatoms. The minimum Gasteiger partial charge on any atom is -0.507 e. The fourth-order valence-corrected chi connectivity index (χ4v) is 18.2. The van der Waals surface area contributed by atoms with Crippen LogP contribution in [0.1, 0.15) is 38.8 Å². The number of benzene rings is 2. The highest BCUT2D eigenvalue weighted by Gasteiger charge is 2.41. The van der Waals surface area contributed by atoms with Crippen LogP contribution in [0.2, 0.25) is 51.9 Å². The Morgan fingerprint density at radius 2 is 1.45 bits per heavy atom. The Balaban J connectivity index is 1.88. The number of hydrogen-bond donors (Lipinski definition) is 1. The van der Waals surface area contributed by atoms with Gasteiger partial charge >= 0.3 is 8.56 Å². The molecule has 0 radical (unpaired) electrons. The lowest BCUT2D eigenvalue weighted by Crippen LogP contribution is -2.53. The van der Waals surface area contributed by atoms with Crippen LogP contribution in [-0.4, -0.2) is 30.3 Å². The fraction of sp³-hybridized carbons (Fsp3) is 0.500. The molecule has 3 aromatic rings. The van der Waals surface area contributed by atoms with Gasteiger partial charge in [0.2, 0.25) is 0 Å². The maximum absolute atomic E-state index is 13.2. The third kappa shape index (κ3) is 8.02. The smallest absolute Gasteiger partial charge is 0.314 e. The van der Waals surface area contributed by atoms with Gasteiger partial charge in [-0.3, -0.25) is 4.79 Å². The molecule has 0 fully saturated rings. The molecule has 0 bridgehead atoms. The summed E-state index contributed by atoms with van der Waals surface area (Å²) in [4.78, 5) is 13.2. The third-order valence-electron chi connectivity index (χ3n) is 6.32. The molecule has 1 aromatic heterocycles. The number of hydrogen-bond acceptors (Lipinski definition) is 5. The molecule has 1 atom stereocenters. The van der Waals surface area contributed by atoms with Crippen LogP contribution in [0, 0.1) is 5.92 Å². The van der Waals surface area contributed by atoms with Crippen molar-refractivity contribution in [3.63, 3.8) is 0 Å².